The summed E-state index contributed by atoms with van der Waals surface area (Å²) in [7, 11) is 1.54. The summed E-state index contributed by atoms with van der Waals surface area (Å²) >= 11 is 0. The molecule has 0 saturated carbocycles. The molecule has 0 bridgehead atoms. The molecule has 3 aromatic carbocycles. The molecule has 0 aliphatic carbocycles. The van der Waals surface area contributed by atoms with Crippen LogP contribution >= 0.6 is 0 Å². The van der Waals surface area contributed by atoms with Crippen molar-refractivity contribution in [3.63, 3.8) is 0 Å². The van der Waals surface area contributed by atoms with Crippen LogP contribution in [0.5, 0.6) is 11.5 Å². The van der Waals surface area contributed by atoms with Crippen molar-refractivity contribution in [3.05, 3.63) is 111 Å². The molecule has 5 nitrogen and oxygen atoms in total. The monoisotopic (exact) mass is 416 g/mol. The highest BCUT2D eigenvalue weighted by Gasteiger charge is 2.08. The first kappa shape index (κ1) is 20.2. The van der Waals surface area contributed by atoms with Gasteiger partial charge in [0.25, 0.3) is 5.56 Å². The van der Waals surface area contributed by atoms with E-state index < -0.39 is 0 Å². The molecule has 0 unspecified atom stereocenters. The predicted molar refractivity (Wildman–Crippen MR) is 118 cm³/mol. The minimum absolute atomic E-state index is 0.193. The quantitative estimate of drug-likeness (QED) is 0.526. The number of hydrogen-bond acceptors (Lipinski definition) is 3. The van der Waals surface area contributed by atoms with Gasteiger partial charge in [-0.15, -0.1) is 0 Å². The van der Waals surface area contributed by atoms with E-state index >= 15 is 0 Å². The highest BCUT2D eigenvalue weighted by molar-refractivity contribution is 5.56. The number of ether oxygens (including phenoxy) is 2. The summed E-state index contributed by atoms with van der Waals surface area (Å²) in [6.07, 6.45) is 1.75. The van der Waals surface area contributed by atoms with Gasteiger partial charge in [0.05, 0.1) is 23.4 Å². The minimum Gasteiger partial charge on any atom is -0.493 e. The number of para-hydroxylation sites is 1. The number of nitrogens with one attached hydrogen (secondary N) is 1. The van der Waals surface area contributed by atoms with Crippen molar-refractivity contribution in [3.8, 4) is 17.2 Å². The van der Waals surface area contributed by atoms with Crippen LogP contribution in [0.2, 0.25) is 0 Å². The van der Waals surface area contributed by atoms with Gasteiger partial charge in [-0.25, -0.2) is 9.07 Å². The Hall–Kier alpha value is -4.06. The summed E-state index contributed by atoms with van der Waals surface area (Å²) in [5, 5.41) is 3.98. The van der Waals surface area contributed by atoms with Gasteiger partial charge >= 0.3 is 0 Å². The molecule has 6 heteroatoms. The average molecular weight is 416 g/mol. The third-order valence-electron chi connectivity index (χ3n) is 4.80. The molecule has 1 heterocycles. The van der Waals surface area contributed by atoms with Crippen LogP contribution in [0.25, 0.3) is 18.3 Å². The number of benzene rings is 3. The van der Waals surface area contributed by atoms with Gasteiger partial charge in [-0.1, -0.05) is 43.0 Å². The van der Waals surface area contributed by atoms with Crippen LogP contribution in [-0.2, 0) is 6.61 Å². The van der Waals surface area contributed by atoms with Crippen molar-refractivity contribution in [1.82, 2.24) is 9.78 Å². The SMILES string of the molecule is C=c1[nH]n(-c2ccccc2)c(=O)/c1=C\c1ccc(OCc2cccc(F)c2)c(OC)c1. The van der Waals surface area contributed by atoms with E-state index in [1.54, 1.807) is 37.5 Å². The van der Waals surface area contributed by atoms with Gasteiger partial charge in [0.15, 0.2) is 11.5 Å². The molecule has 156 valence electrons. The second-order valence-corrected chi connectivity index (χ2v) is 6.95. The number of H-pyrrole nitrogens is 1. The van der Waals surface area contributed by atoms with Crippen molar-refractivity contribution < 1.29 is 13.9 Å². The molecule has 31 heavy (non-hydrogen) atoms. The predicted octanol–water partition coefficient (Wildman–Crippen LogP) is 3.13. The molecule has 0 radical (unpaired) electrons. The van der Waals surface area contributed by atoms with Crippen LogP contribution < -0.4 is 25.6 Å². The second-order valence-electron chi connectivity index (χ2n) is 6.95. The lowest BCUT2D eigenvalue weighted by atomic mass is 10.1. The van der Waals surface area contributed by atoms with E-state index in [1.807, 2.05) is 36.4 Å². The maximum atomic E-state index is 13.4. The smallest absolute Gasteiger partial charge is 0.279 e. The van der Waals surface area contributed by atoms with Crippen molar-refractivity contribution in [2.45, 2.75) is 6.61 Å². The number of aromatic amines is 1. The Labute approximate surface area is 178 Å². The zero-order valence-corrected chi connectivity index (χ0v) is 17.0. The molecule has 0 saturated heterocycles. The zero-order chi connectivity index (χ0) is 21.8. The number of methoxy groups -OCH3 is 1. The molecule has 0 spiro atoms. The van der Waals surface area contributed by atoms with Crippen LogP contribution in [0.3, 0.4) is 0 Å². The average Bonchev–Trinajstić information content (AvgIpc) is 3.07. The Morgan fingerprint density at radius 2 is 1.84 bits per heavy atom. The van der Waals surface area contributed by atoms with Gasteiger partial charge < -0.3 is 9.47 Å². The first-order valence-electron chi connectivity index (χ1n) is 9.67. The number of halogens is 1. The lowest BCUT2D eigenvalue weighted by molar-refractivity contribution is 0.284. The van der Waals surface area contributed by atoms with Crippen LogP contribution in [-0.4, -0.2) is 16.9 Å². The fraction of sp³-hybridized carbons (Fsp3) is 0.0800. The summed E-state index contributed by atoms with van der Waals surface area (Å²) in [5.74, 6) is 0.721. The Morgan fingerprint density at radius 3 is 2.58 bits per heavy atom. The first-order valence-corrected chi connectivity index (χ1v) is 9.67. The van der Waals surface area contributed by atoms with Gasteiger partial charge in [-0.05, 0) is 53.6 Å². The van der Waals surface area contributed by atoms with Crippen molar-refractivity contribution in [1.29, 1.82) is 0 Å². The molecule has 0 fully saturated rings. The topological polar surface area (TPSA) is 56.2 Å². The van der Waals surface area contributed by atoms with Gasteiger partial charge in [0.1, 0.15) is 12.4 Å². The first-order chi connectivity index (χ1) is 15.0. The second kappa shape index (κ2) is 8.75. The summed E-state index contributed by atoms with van der Waals surface area (Å²) in [6.45, 7) is 4.17. The summed E-state index contributed by atoms with van der Waals surface area (Å²) in [6, 6.07) is 20.9. The summed E-state index contributed by atoms with van der Waals surface area (Å²) < 4.78 is 26.1. The van der Waals surface area contributed by atoms with Gasteiger partial charge in [-0.2, -0.15) is 0 Å². The fourth-order valence-corrected chi connectivity index (χ4v) is 3.25. The molecule has 0 aliphatic rings. The minimum atomic E-state index is -0.311. The van der Waals surface area contributed by atoms with Gasteiger partial charge in [-0.3, -0.25) is 9.89 Å². The van der Waals surface area contributed by atoms with Crippen LogP contribution in [0.15, 0.2) is 77.6 Å². The normalized spacial score (nSPS) is 11.5. The highest BCUT2D eigenvalue weighted by Crippen LogP contribution is 2.29. The van der Waals surface area contributed by atoms with Crippen LogP contribution in [0.4, 0.5) is 4.39 Å². The van der Waals surface area contributed by atoms with E-state index in [-0.39, 0.29) is 18.0 Å². The van der Waals surface area contributed by atoms with E-state index in [2.05, 4.69) is 11.7 Å². The maximum Gasteiger partial charge on any atom is 0.279 e. The van der Waals surface area contributed by atoms with E-state index in [0.717, 1.165) is 11.3 Å². The summed E-state index contributed by atoms with van der Waals surface area (Å²) in [4.78, 5) is 12.9. The Bertz CT molecular complexity index is 1370. The number of aromatic nitrogens is 2. The standard InChI is InChI=1S/C25H21FN2O3/c1-17-22(25(29)28(27-17)21-9-4-3-5-10-21)14-18-11-12-23(24(15-18)30-2)31-16-19-7-6-8-20(26)13-19/h3-15,27H,1,16H2,2H3/b22-14-. The molecule has 0 amide bonds. The number of hydrogen-bond donors (Lipinski definition) is 1. The van der Waals surface area contributed by atoms with E-state index in [1.165, 1.54) is 16.8 Å². The lowest BCUT2D eigenvalue weighted by Gasteiger charge is -2.11. The van der Waals surface area contributed by atoms with E-state index in [0.29, 0.717) is 27.6 Å². The molecule has 1 N–H and O–H groups in total. The Balaban J connectivity index is 1.64. The Kier molecular flexibility index (Phi) is 5.71. The van der Waals surface area contributed by atoms with E-state index in [4.69, 9.17) is 9.47 Å². The zero-order valence-electron chi connectivity index (χ0n) is 17.0. The Morgan fingerprint density at radius 1 is 1.03 bits per heavy atom. The van der Waals surface area contributed by atoms with Crippen LogP contribution in [0, 0.1) is 5.82 Å². The summed E-state index contributed by atoms with van der Waals surface area (Å²) in [5.41, 5.74) is 2.02. The molecule has 1 aromatic heterocycles. The lowest BCUT2D eigenvalue weighted by Crippen LogP contribution is -2.33. The third-order valence-corrected chi connectivity index (χ3v) is 4.80. The third kappa shape index (κ3) is 4.43. The van der Waals surface area contributed by atoms with Crippen molar-refractivity contribution in [2.24, 2.45) is 0 Å². The maximum absolute atomic E-state index is 13.4. The van der Waals surface area contributed by atoms with Crippen LogP contribution in [0.1, 0.15) is 11.1 Å². The molecule has 0 atom stereocenters. The van der Waals surface area contributed by atoms with E-state index in [9.17, 15) is 9.18 Å². The van der Waals surface area contributed by atoms with Crippen molar-refractivity contribution >= 4 is 12.7 Å². The van der Waals surface area contributed by atoms with Gasteiger partial charge in [0.2, 0.25) is 0 Å². The van der Waals surface area contributed by atoms with Gasteiger partial charge in [0, 0.05) is 0 Å². The molecule has 0 aliphatic heterocycles. The fourth-order valence-electron chi connectivity index (χ4n) is 3.25. The molecular formula is C25H21FN2O3. The largest absolute Gasteiger partial charge is 0.493 e. The van der Waals surface area contributed by atoms with Crippen molar-refractivity contribution in [2.75, 3.05) is 7.11 Å². The number of rotatable bonds is 6. The highest BCUT2D eigenvalue weighted by atomic mass is 19.1. The molecule has 4 rings (SSSR count). The number of nitrogens with zero attached hydrogens (tertiary/aromatic N) is 1. The molecule has 4 aromatic rings. The molecular weight excluding hydrogens is 395 g/mol.